The molecule has 0 spiro atoms. The number of para-hydroxylation sites is 1. The van der Waals surface area contributed by atoms with Gasteiger partial charge in [-0.15, -0.1) is 0 Å². The van der Waals surface area contributed by atoms with Crippen molar-refractivity contribution in [3.8, 4) is 5.75 Å². The van der Waals surface area contributed by atoms with Gasteiger partial charge in [0.15, 0.2) is 5.78 Å². The first kappa shape index (κ1) is 15.6. The van der Waals surface area contributed by atoms with Crippen molar-refractivity contribution < 1.29 is 15.0 Å². The number of allylic oxidation sites excluding steroid dienone is 3. The van der Waals surface area contributed by atoms with Gasteiger partial charge in [0, 0.05) is 11.1 Å². The molecule has 0 amide bonds. The van der Waals surface area contributed by atoms with E-state index in [0.29, 0.717) is 23.1 Å². The maximum atomic E-state index is 11.5. The lowest BCUT2D eigenvalue weighted by atomic mass is 9.93. The highest BCUT2D eigenvalue weighted by Gasteiger charge is 2.13. The van der Waals surface area contributed by atoms with E-state index in [1.54, 1.807) is 18.2 Å². The van der Waals surface area contributed by atoms with Crippen molar-refractivity contribution in [3.63, 3.8) is 0 Å². The molecule has 0 heterocycles. The van der Waals surface area contributed by atoms with Gasteiger partial charge in [0.2, 0.25) is 0 Å². The molecular formula is C16H19NO3. The van der Waals surface area contributed by atoms with Gasteiger partial charge in [-0.05, 0) is 36.6 Å². The Kier molecular flexibility index (Phi) is 5.15. The van der Waals surface area contributed by atoms with E-state index < -0.39 is 0 Å². The Hall–Kier alpha value is -2.49. The topological polar surface area (TPSA) is 83.5 Å². The molecule has 1 aromatic rings. The summed E-state index contributed by atoms with van der Waals surface area (Å²) in [6, 6.07) is 4.85. The molecule has 0 unspecified atom stereocenters. The fourth-order valence-corrected chi connectivity index (χ4v) is 1.77. The number of Topliss-reactive ketones (excluding diaryl/α,β-unsaturated/α-hetero) is 1. The number of hydrogen-bond acceptors (Lipinski definition) is 4. The highest BCUT2D eigenvalue weighted by molar-refractivity contribution is 6.00. The number of nitrogen functional groups attached to an aromatic ring is 1. The number of phenolic OH excluding ortho intramolecular Hbond substituents is 1. The van der Waals surface area contributed by atoms with Crippen molar-refractivity contribution in [2.45, 2.75) is 20.3 Å². The summed E-state index contributed by atoms with van der Waals surface area (Å²) in [4.78, 5) is 11.5. The van der Waals surface area contributed by atoms with Crippen molar-refractivity contribution in [2.24, 2.45) is 0 Å². The number of ketones is 1. The first-order chi connectivity index (χ1) is 9.42. The van der Waals surface area contributed by atoms with E-state index in [4.69, 9.17) is 5.73 Å². The van der Waals surface area contributed by atoms with E-state index in [9.17, 15) is 15.0 Å². The van der Waals surface area contributed by atoms with E-state index >= 15 is 0 Å². The summed E-state index contributed by atoms with van der Waals surface area (Å²) >= 11 is 0. The molecular weight excluding hydrogens is 254 g/mol. The number of benzene rings is 1. The summed E-state index contributed by atoms with van der Waals surface area (Å²) in [5.74, 6) is -0.222. The minimum absolute atomic E-state index is 0.0300. The number of carbonyl (C=O) groups is 1. The van der Waals surface area contributed by atoms with Crippen LogP contribution in [0.3, 0.4) is 0 Å². The summed E-state index contributed by atoms with van der Waals surface area (Å²) in [6.45, 7) is 7.01. The lowest BCUT2D eigenvalue weighted by molar-refractivity contribution is -0.113. The monoisotopic (exact) mass is 273 g/mol. The van der Waals surface area contributed by atoms with Gasteiger partial charge in [-0.25, -0.2) is 0 Å². The van der Waals surface area contributed by atoms with Crippen LogP contribution in [-0.4, -0.2) is 16.0 Å². The van der Waals surface area contributed by atoms with Crippen LogP contribution in [0.2, 0.25) is 0 Å². The summed E-state index contributed by atoms with van der Waals surface area (Å²) in [6.07, 6.45) is 3.14. The molecule has 0 atom stereocenters. The van der Waals surface area contributed by atoms with Gasteiger partial charge in [0.05, 0.1) is 11.9 Å². The third kappa shape index (κ3) is 3.29. The van der Waals surface area contributed by atoms with Gasteiger partial charge in [0.1, 0.15) is 5.75 Å². The normalized spacial score (nSPS) is 12.3. The predicted molar refractivity (Wildman–Crippen MR) is 81.3 cm³/mol. The molecule has 1 aromatic carbocycles. The predicted octanol–water partition coefficient (Wildman–Crippen LogP) is 3.35. The van der Waals surface area contributed by atoms with Gasteiger partial charge in [-0.1, -0.05) is 25.6 Å². The smallest absolute Gasteiger partial charge is 0.159 e. The first-order valence-corrected chi connectivity index (χ1v) is 6.25. The van der Waals surface area contributed by atoms with E-state index in [1.807, 2.05) is 6.92 Å². The summed E-state index contributed by atoms with van der Waals surface area (Å²) < 4.78 is 0. The van der Waals surface area contributed by atoms with E-state index in [1.165, 1.54) is 13.0 Å². The number of hydrogen-bond donors (Lipinski definition) is 3. The Morgan fingerprint density at radius 2 is 2.10 bits per heavy atom. The van der Waals surface area contributed by atoms with Crippen molar-refractivity contribution in [3.05, 3.63) is 53.3 Å². The average Bonchev–Trinajstić information content (AvgIpc) is 2.42. The number of aliphatic hydroxyl groups is 1. The Morgan fingerprint density at radius 3 is 2.60 bits per heavy atom. The van der Waals surface area contributed by atoms with Crippen LogP contribution in [0.25, 0.3) is 6.08 Å². The molecule has 0 radical (unpaired) electrons. The molecule has 4 heteroatoms. The third-order valence-electron chi connectivity index (χ3n) is 3.05. The van der Waals surface area contributed by atoms with Crippen molar-refractivity contribution in [1.29, 1.82) is 0 Å². The number of rotatable bonds is 5. The van der Waals surface area contributed by atoms with Gasteiger partial charge in [-0.3, -0.25) is 4.79 Å². The second-order valence-electron chi connectivity index (χ2n) is 4.38. The van der Waals surface area contributed by atoms with Gasteiger partial charge in [-0.2, -0.15) is 0 Å². The summed E-state index contributed by atoms with van der Waals surface area (Å²) in [5.41, 5.74) is 7.96. The van der Waals surface area contributed by atoms with Crippen LogP contribution in [0.4, 0.5) is 5.69 Å². The molecule has 0 saturated carbocycles. The number of carbonyl (C=O) groups excluding carboxylic acids is 1. The maximum Gasteiger partial charge on any atom is 0.159 e. The molecule has 4 nitrogen and oxygen atoms in total. The van der Waals surface area contributed by atoms with Crippen LogP contribution < -0.4 is 5.73 Å². The Morgan fingerprint density at radius 1 is 1.45 bits per heavy atom. The lowest BCUT2D eigenvalue weighted by Gasteiger charge is -2.12. The molecule has 0 fully saturated rings. The molecule has 0 bridgehead atoms. The number of phenols is 1. The van der Waals surface area contributed by atoms with Crippen molar-refractivity contribution >= 4 is 17.5 Å². The lowest BCUT2D eigenvalue weighted by Crippen LogP contribution is -2.02. The fourth-order valence-electron chi connectivity index (χ4n) is 1.77. The summed E-state index contributed by atoms with van der Waals surface area (Å²) in [5, 5.41) is 18.9. The van der Waals surface area contributed by atoms with Crippen molar-refractivity contribution in [2.75, 3.05) is 5.73 Å². The standard InChI is InChI=1S/C16H19NO3/c1-4-12(9-18)14(10(2)11(3)19)8-13-6-5-7-15(20)16(13)17/h5-9,18,20H,2,4,17H2,1,3H3/b12-9+,14-8+. The van der Waals surface area contributed by atoms with E-state index in [2.05, 4.69) is 6.58 Å². The molecule has 20 heavy (non-hydrogen) atoms. The van der Waals surface area contributed by atoms with E-state index in [-0.39, 0.29) is 22.8 Å². The fraction of sp³-hybridized carbons (Fsp3) is 0.188. The zero-order valence-electron chi connectivity index (χ0n) is 11.7. The van der Waals surface area contributed by atoms with Crippen LogP contribution >= 0.6 is 0 Å². The van der Waals surface area contributed by atoms with E-state index in [0.717, 1.165) is 6.26 Å². The molecule has 4 N–H and O–H groups in total. The molecule has 0 aromatic heterocycles. The highest BCUT2D eigenvalue weighted by Crippen LogP contribution is 2.30. The summed E-state index contributed by atoms with van der Waals surface area (Å²) in [7, 11) is 0. The average molecular weight is 273 g/mol. The van der Waals surface area contributed by atoms with Crippen LogP contribution in [-0.2, 0) is 4.79 Å². The van der Waals surface area contributed by atoms with Crippen LogP contribution in [0.5, 0.6) is 5.75 Å². The molecule has 106 valence electrons. The third-order valence-corrected chi connectivity index (χ3v) is 3.05. The van der Waals surface area contributed by atoms with Gasteiger partial charge < -0.3 is 15.9 Å². The maximum absolute atomic E-state index is 11.5. The SMILES string of the molecule is C=C(C(C)=O)C(=C\c1cccc(O)c1N)/C(=C/O)CC. The zero-order chi connectivity index (χ0) is 15.3. The van der Waals surface area contributed by atoms with Crippen LogP contribution in [0.15, 0.2) is 47.8 Å². The zero-order valence-corrected chi connectivity index (χ0v) is 11.7. The Bertz CT molecular complexity index is 594. The minimum Gasteiger partial charge on any atom is -0.515 e. The number of aliphatic hydroxyl groups excluding tert-OH is 1. The second-order valence-corrected chi connectivity index (χ2v) is 4.38. The van der Waals surface area contributed by atoms with Crippen LogP contribution in [0.1, 0.15) is 25.8 Å². The number of aromatic hydroxyl groups is 1. The molecule has 0 aliphatic carbocycles. The molecule has 0 aliphatic rings. The molecule has 1 rings (SSSR count). The van der Waals surface area contributed by atoms with Crippen LogP contribution in [0, 0.1) is 0 Å². The second kappa shape index (κ2) is 6.61. The number of anilines is 1. The largest absolute Gasteiger partial charge is 0.515 e. The highest BCUT2D eigenvalue weighted by atomic mass is 16.3. The van der Waals surface area contributed by atoms with Gasteiger partial charge in [0.25, 0.3) is 0 Å². The van der Waals surface area contributed by atoms with Gasteiger partial charge >= 0.3 is 0 Å². The van der Waals surface area contributed by atoms with Crippen molar-refractivity contribution in [1.82, 2.24) is 0 Å². The number of nitrogens with two attached hydrogens (primary N) is 1. The Labute approximate surface area is 118 Å². The first-order valence-electron chi connectivity index (χ1n) is 6.25. The molecule has 0 aliphatic heterocycles. The minimum atomic E-state index is -0.192. The Balaban J connectivity index is 3.44. The quantitative estimate of drug-likeness (QED) is 0.252. The molecule has 0 saturated heterocycles.